The van der Waals surface area contributed by atoms with Crippen molar-refractivity contribution in [1.29, 1.82) is 0 Å². The fourth-order valence-corrected chi connectivity index (χ4v) is 0.451. The van der Waals surface area contributed by atoms with Crippen molar-refractivity contribution in [3.63, 3.8) is 0 Å². The van der Waals surface area contributed by atoms with E-state index in [1.807, 2.05) is 0 Å². The number of aliphatic hydroxyl groups excluding tert-OH is 2. The molecule has 3 radical (unpaired) electrons. The summed E-state index contributed by atoms with van der Waals surface area (Å²) in [7, 11) is 0. The normalized spacial score (nSPS) is 9.27. The molecule has 0 spiro atoms. The van der Waals surface area contributed by atoms with Gasteiger partial charge in [-0.1, -0.05) is 0 Å². The standard InChI is InChI=1S/C6H14O4.Sb/c7-1-3-9-5-6-10-4-2-8;/h7-8H,1-6H2;. The van der Waals surface area contributed by atoms with Gasteiger partial charge in [-0.3, -0.25) is 0 Å². The molecule has 5 heteroatoms. The average molecular weight is 272 g/mol. The molecule has 0 aromatic rings. The molecule has 0 saturated carbocycles. The Balaban J connectivity index is 0. The second-order valence-corrected chi connectivity index (χ2v) is 1.67. The van der Waals surface area contributed by atoms with Gasteiger partial charge in [0, 0.05) is 24.4 Å². The van der Waals surface area contributed by atoms with Crippen molar-refractivity contribution < 1.29 is 19.7 Å². The molecule has 0 aliphatic heterocycles. The van der Waals surface area contributed by atoms with E-state index in [4.69, 9.17) is 19.7 Å². The van der Waals surface area contributed by atoms with Crippen LogP contribution in [-0.4, -0.2) is 74.3 Å². The summed E-state index contributed by atoms with van der Waals surface area (Å²) < 4.78 is 9.75. The molecule has 2 N–H and O–H groups in total. The molecule has 0 bridgehead atoms. The average Bonchev–Trinajstić information content (AvgIpc) is 1.97. The molecule has 0 fully saturated rings. The van der Waals surface area contributed by atoms with Crippen LogP contribution in [0.15, 0.2) is 0 Å². The SMILES string of the molecule is OCCOCCOCCO.[Sb]. The van der Waals surface area contributed by atoms with Gasteiger partial charge in [-0.25, -0.2) is 0 Å². The molecule has 0 aromatic heterocycles. The molecule has 0 amide bonds. The van der Waals surface area contributed by atoms with Gasteiger partial charge in [0.05, 0.1) is 39.6 Å². The van der Waals surface area contributed by atoms with Gasteiger partial charge in [-0.05, 0) is 0 Å². The van der Waals surface area contributed by atoms with E-state index in [-0.39, 0.29) is 37.6 Å². The maximum Gasteiger partial charge on any atom is 0.0701 e. The third-order valence-corrected chi connectivity index (χ3v) is 0.843. The molecule has 0 aromatic carbocycles. The predicted octanol–water partition coefficient (Wildman–Crippen LogP) is -1.38. The van der Waals surface area contributed by atoms with Gasteiger partial charge in [0.1, 0.15) is 0 Å². The minimum absolute atomic E-state index is 0. The Kier molecular flexibility index (Phi) is 17.1. The van der Waals surface area contributed by atoms with E-state index in [9.17, 15) is 0 Å². The van der Waals surface area contributed by atoms with Crippen LogP contribution in [0.4, 0.5) is 0 Å². The van der Waals surface area contributed by atoms with Crippen LogP contribution in [-0.2, 0) is 9.47 Å². The van der Waals surface area contributed by atoms with Gasteiger partial charge < -0.3 is 19.7 Å². The Morgan fingerprint density at radius 1 is 0.727 bits per heavy atom. The topological polar surface area (TPSA) is 58.9 Å². The number of rotatable bonds is 7. The van der Waals surface area contributed by atoms with Crippen LogP contribution in [0.5, 0.6) is 0 Å². The Hall–Kier alpha value is 0.658. The third kappa shape index (κ3) is 13.6. The summed E-state index contributed by atoms with van der Waals surface area (Å²) in [6, 6.07) is 0. The van der Waals surface area contributed by atoms with Crippen LogP contribution in [0.3, 0.4) is 0 Å². The summed E-state index contributed by atoms with van der Waals surface area (Å²) >= 11 is 0. The quantitative estimate of drug-likeness (QED) is 0.443. The Morgan fingerprint density at radius 2 is 1.09 bits per heavy atom. The molecule has 0 aliphatic rings. The molecule has 0 rings (SSSR count). The van der Waals surface area contributed by atoms with Crippen molar-refractivity contribution in [3.8, 4) is 0 Å². The fraction of sp³-hybridized carbons (Fsp3) is 1.00. The third-order valence-electron chi connectivity index (χ3n) is 0.843. The van der Waals surface area contributed by atoms with Gasteiger partial charge in [0.25, 0.3) is 0 Å². The zero-order valence-corrected chi connectivity index (χ0v) is 8.95. The zero-order valence-electron chi connectivity index (χ0n) is 6.40. The van der Waals surface area contributed by atoms with E-state index in [2.05, 4.69) is 0 Å². The van der Waals surface area contributed by atoms with Gasteiger partial charge in [-0.2, -0.15) is 0 Å². The number of ether oxygens (including phenoxy) is 2. The summed E-state index contributed by atoms with van der Waals surface area (Å²) in [6.45, 7) is 1.73. The minimum atomic E-state index is 0. The molecule has 4 nitrogen and oxygen atoms in total. The van der Waals surface area contributed by atoms with Crippen LogP contribution in [0, 0.1) is 0 Å². The van der Waals surface area contributed by atoms with Crippen LogP contribution in [0.1, 0.15) is 0 Å². The summed E-state index contributed by atoms with van der Waals surface area (Å²) in [4.78, 5) is 0. The van der Waals surface area contributed by atoms with E-state index in [1.165, 1.54) is 0 Å². The summed E-state index contributed by atoms with van der Waals surface area (Å²) in [6.07, 6.45) is 0. The molecular formula is C6H14O4Sb. The first-order valence-electron chi connectivity index (χ1n) is 3.29. The van der Waals surface area contributed by atoms with Crippen molar-refractivity contribution >= 4 is 24.4 Å². The van der Waals surface area contributed by atoms with Crippen molar-refractivity contribution in [3.05, 3.63) is 0 Å². The monoisotopic (exact) mass is 271 g/mol. The Labute approximate surface area is 84.0 Å². The second kappa shape index (κ2) is 13.3. The maximum absolute atomic E-state index is 8.26. The predicted molar refractivity (Wildman–Crippen MR) is 41.6 cm³/mol. The van der Waals surface area contributed by atoms with Crippen LogP contribution >= 0.6 is 0 Å². The fourth-order valence-electron chi connectivity index (χ4n) is 0.451. The van der Waals surface area contributed by atoms with Crippen molar-refractivity contribution in [2.75, 3.05) is 39.6 Å². The zero-order chi connectivity index (χ0) is 7.66. The molecular weight excluding hydrogens is 258 g/mol. The van der Waals surface area contributed by atoms with E-state index < -0.39 is 0 Å². The van der Waals surface area contributed by atoms with E-state index in [1.54, 1.807) is 0 Å². The van der Waals surface area contributed by atoms with E-state index >= 15 is 0 Å². The first-order valence-corrected chi connectivity index (χ1v) is 3.29. The van der Waals surface area contributed by atoms with Crippen molar-refractivity contribution in [2.45, 2.75) is 0 Å². The van der Waals surface area contributed by atoms with Gasteiger partial charge in [-0.15, -0.1) is 0 Å². The molecule has 0 unspecified atom stereocenters. The van der Waals surface area contributed by atoms with Gasteiger partial charge >= 0.3 is 0 Å². The van der Waals surface area contributed by atoms with Crippen molar-refractivity contribution in [1.82, 2.24) is 0 Å². The first-order chi connectivity index (χ1) is 4.91. The molecule has 67 valence electrons. The molecule has 0 atom stereocenters. The van der Waals surface area contributed by atoms with Crippen LogP contribution in [0.2, 0.25) is 0 Å². The van der Waals surface area contributed by atoms with Crippen LogP contribution in [0.25, 0.3) is 0 Å². The van der Waals surface area contributed by atoms with Gasteiger partial charge in [0.15, 0.2) is 0 Å². The molecule has 11 heavy (non-hydrogen) atoms. The summed E-state index contributed by atoms with van der Waals surface area (Å²) in [5.74, 6) is 0. The molecule has 0 heterocycles. The minimum Gasteiger partial charge on any atom is -0.394 e. The molecule has 0 saturated heterocycles. The smallest absolute Gasteiger partial charge is 0.0701 e. The number of hydrogen-bond acceptors (Lipinski definition) is 4. The maximum atomic E-state index is 8.26. The second-order valence-electron chi connectivity index (χ2n) is 1.67. The summed E-state index contributed by atoms with van der Waals surface area (Å²) in [5, 5.41) is 16.5. The van der Waals surface area contributed by atoms with E-state index in [0.717, 1.165) is 0 Å². The first kappa shape index (κ1) is 14.2. The largest absolute Gasteiger partial charge is 0.394 e. The van der Waals surface area contributed by atoms with Gasteiger partial charge in [0.2, 0.25) is 0 Å². The van der Waals surface area contributed by atoms with Crippen LogP contribution < -0.4 is 0 Å². The number of hydrogen-bond donors (Lipinski definition) is 2. The summed E-state index contributed by atoms with van der Waals surface area (Å²) in [5.41, 5.74) is 0. The van der Waals surface area contributed by atoms with Crippen molar-refractivity contribution in [2.24, 2.45) is 0 Å². The Bertz CT molecular complexity index is 54.5. The van der Waals surface area contributed by atoms with E-state index in [0.29, 0.717) is 26.4 Å². The number of aliphatic hydroxyl groups is 2. The Morgan fingerprint density at radius 3 is 1.36 bits per heavy atom. The molecule has 0 aliphatic carbocycles.